The lowest BCUT2D eigenvalue weighted by Gasteiger charge is -2.49. The molecule has 3 fully saturated rings. The fourth-order valence-electron chi connectivity index (χ4n) is 4.66. The van der Waals surface area contributed by atoms with Crippen molar-refractivity contribution in [3.05, 3.63) is 65.9 Å². The number of fused-ring (bicyclic) bond motifs is 3. The van der Waals surface area contributed by atoms with Crippen LogP contribution in [0.3, 0.4) is 0 Å². The lowest BCUT2D eigenvalue weighted by molar-refractivity contribution is -0.137. The van der Waals surface area contributed by atoms with Gasteiger partial charge in [-0.05, 0) is 49.4 Å². The normalized spacial score (nSPS) is 22.4. The highest BCUT2D eigenvalue weighted by Gasteiger charge is 2.45. The number of pyridine rings is 1. The largest absolute Gasteiger partial charge is 0.472 e. The van der Waals surface area contributed by atoms with E-state index in [-0.39, 0.29) is 35.2 Å². The zero-order chi connectivity index (χ0) is 23.2. The molecule has 2 bridgehead atoms. The molecular weight excluding hydrogens is 442 g/mol. The molecule has 10 heteroatoms. The summed E-state index contributed by atoms with van der Waals surface area (Å²) < 4.78 is 63.7. The molecule has 3 atom stereocenters. The first-order chi connectivity index (χ1) is 15.8. The van der Waals surface area contributed by atoms with Crippen LogP contribution in [0, 0.1) is 11.7 Å². The molecule has 172 valence electrons. The number of ether oxygens (including phenoxy) is 1. The van der Waals surface area contributed by atoms with Crippen molar-refractivity contribution in [2.75, 3.05) is 6.54 Å². The van der Waals surface area contributed by atoms with Gasteiger partial charge in [-0.15, -0.1) is 0 Å². The highest BCUT2D eigenvalue weighted by atomic mass is 19.4. The first-order valence-electron chi connectivity index (χ1n) is 10.5. The van der Waals surface area contributed by atoms with E-state index in [4.69, 9.17) is 9.15 Å². The third-order valence-corrected chi connectivity index (χ3v) is 6.19. The first-order valence-corrected chi connectivity index (χ1v) is 10.5. The van der Waals surface area contributed by atoms with Gasteiger partial charge in [-0.2, -0.15) is 13.2 Å². The minimum Gasteiger partial charge on any atom is -0.472 e. The molecule has 6 rings (SSSR count). The molecule has 2 aliphatic heterocycles. The average Bonchev–Trinajstić information content (AvgIpc) is 3.33. The van der Waals surface area contributed by atoms with E-state index >= 15 is 0 Å². The van der Waals surface area contributed by atoms with Crippen LogP contribution in [-0.2, 0) is 6.18 Å². The van der Waals surface area contributed by atoms with E-state index in [1.54, 1.807) is 4.90 Å². The van der Waals surface area contributed by atoms with Gasteiger partial charge >= 0.3 is 6.18 Å². The van der Waals surface area contributed by atoms with Gasteiger partial charge in [-0.25, -0.2) is 14.4 Å². The number of benzene rings is 1. The third-order valence-electron chi connectivity index (χ3n) is 6.19. The fraction of sp³-hybridized carbons (Fsp3) is 0.348. The highest BCUT2D eigenvalue weighted by molar-refractivity contribution is 6.00. The number of alkyl halides is 3. The second-order valence-corrected chi connectivity index (χ2v) is 8.27. The van der Waals surface area contributed by atoms with E-state index in [0.29, 0.717) is 24.9 Å². The van der Waals surface area contributed by atoms with Crippen LogP contribution < -0.4 is 4.74 Å². The zero-order valence-electron chi connectivity index (χ0n) is 17.3. The third kappa shape index (κ3) is 4.17. The Morgan fingerprint density at radius 1 is 1.15 bits per heavy atom. The summed E-state index contributed by atoms with van der Waals surface area (Å²) in [7, 11) is 0. The van der Waals surface area contributed by atoms with Crippen LogP contribution in [0.4, 0.5) is 17.6 Å². The van der Waals surface area contributed by atoms with Crippen molar-refractivity contribution in [3.63, 3.8) is 0 Å². The lowest BCUT2D eigenvalue weighted by atomic mass is 9.77. The molecule has 1 saturated carbocycles. The molecule has 1 aliphatic carbocycles. The summed E-state index contributed by atoms with van der Waals surface area (Å²) >= 11 is 0. The maximum absolute atomic E-state index is 14.1. The molecule has 2 saturated heterocycles. The average molecular weight is 461 g/mol. The maximum atomic E-state index is 14.1. The van der Waals surface area contributed by atoms with Gasteiger partial charge < -0.3 is 14.1 Å². The number of carbonyl (C=O) groups is 1. The lowest BCUT2D eigenvalue weighted by Crippen LogP contribution is -2.59. The number of hydrogen-bond donors (Lipinski definition) is 0. The molecule has 1 amide bonds. The Bertz CT molecular complexity index is 1150. The predicted molar refractivity (Wildman–Crippen MR) is 108 cm³/mol. The van der Waals surface area contributed by atoms with Crippen molar-refractivity contribution in [3.8, 4) is 17.3 Å². The summed E-state index contributed by atoms with van der Waals surface area (Å²) in [5.74, 6) is -0.484. The number of oxazole rings is 1. The minimum atomic E-state index is -4.48. The van der Waals surface area contributed by atoms with Crippen molar-refractivity contribution in [1.29, 1.82) is 0 Å². The van der Waals surface area contributed by atoms with Crippen molar-refractivity contribution in [2.45, 2.75) is 37.6 Å². The first kappa shape index (κ1) is 21.4. The van der Waals surface area contributed by atoms with Crippen LogP contribution in [0.2, 0.25) is 0 Å². The van der Waals surface area contributed by atoms with Gasteiger partial charge in [0.1, 0.15) is 18.2 Å². The number of amides is 1. The summed E-state index contributed by atoms with van der Waals surface area (Å²) in [4.78, 5) is 23.0. The Morgan fingerprint density at radius 3 is 2.67 bits per heavy atom. The van der Waals surface area contributed by atoms with Crippen LogP contribution in [-0.4, -0.2) is 39.5 Å². The summed E-state index contributed by atoms with van der Waals surface area (Å²) in [6, 6.07) is 5.65. The molecule has 3 aromatic rings. The molecular formula is C23H19F4N3O3. The molecule has 0 spiro atoms. The van der Waals surface area contributed by atoms with E-state index in [1.165, 1.54) is 30.7 Å². The quantitative estimate of drug-likeness (QED) is 0.514. The molecule has 4 heterocycles. The number of rotatable bonds is 4. The minimum absolute atomic E-state index is 0.0687. The number of nitrogens with zero attached hydrogens (tertiary/aromatic N) is 3. The SMILES string of the molecule is O=C(c1cc(F)ccc1-c1ncco1)N1C[C@H]2CC[C@H]1[C@H](Oc1ccc(C(F)(F)F)cn1)C2. The smallest absolute Gasteiger partial charge is 0.417 e. The molecule has 0 unspecified atom stereocenters. The Kier molecular flexibility index (Phi) is 5.30. The second-order valence-electron chi connectivity index (χ2n) is 8.27. The molecule has 0 N–H and O–H groups in total. The molecule has 33 heavy (non-hydrogen) atoms. The Morgan fingerprint density at radius 2 is 2.00 bits per heavy atom. The van der Waals surface area contributed by atoms with E-state index in [1.807, 2.05) is 0 Å². The van der Waals surface area contributed by atoms with Crippen molar-refractivity contribution in [1.82, 2.24) is 14.9 Å². The van der Waals surface area contributed by atoms with Gasteiger partial charge in [-0.1, -0.05) is 0 Å². The number of carbonyl (C=O) groups excluding carboxylic acids is 1. The zero-order valence-corrected chi connectivity index (χ0v) is 17.3. The van der Waals surface area contributed by atoms with E-state index in [0.717, 1.165) is 24.8 Å². The standard InChI is InChI=1S/C23H19F4N3O3/c24-15-3-4-16(21-28-7-8-32-21)17(10-15)22(31)30-12-13-1-5-18(30)19(9-13)33-20-6-2-14(11-29-20)23(25,26)27/h2-4,6-8,10-11,13,18-19H,1,5,9,12H2/t13-,18-,19+/m0/s1. The van der Waals surface area contributed by atoms with Crippen molar-refractivity contribution < 1.29 is 31.5 Å². The van der Waals surface area contributed by atoms with Gasteiger partial charge in [-0.3, -0.25) is 4.79 Å². The summed E-state index contributed by atoms with van der Waals surface area (Å²) in [5, 5.41) is 0. The van der Waals surface area contributed by atoms with Crippen LogP contribution in [0.25, 0.3) is 11.5 Å². The monoisotopic (exact) mass is 461 g/mol. The van der Waals surface area contributed by atoms with Crippen molar-refractivity contribution in [2.24, 2.45) is 5.92 Å². The predicted octanol–water partition coefficient (Wildman–Crippen LogP) is 4.97. The van der Waals surface area contributed by atoms with Gasteiger partial charge in [0.2, 0.25) is 11.8 Å². The maximum Gasteiger partial charge on any atom is 0.417 e. The van der Waals surface area contributed by atoms with E-state index in [2.05, 4.69) is 9.97 Å². The van der Waals surface area contributed by atoms with Crippen LogP contribution in [0.15, 0.2) is 53.4 Å². The fourth-order valence-corrected chi connectivity index (χ4v) is 4.66. The Hall–Kier alpha value is -3.43. The number of aromatic nitrogens is 2. The summed E-state index contributed by atoms with van der Waals surface area (Å²) in [6.45, 7) is 0.491. The van der Waals surface area contributed by atoms with Gasteiger partial charge in [0.05, 0.1) is 28.9 Å². The van der Waals surface area contributed by atoms with Crippen LogP contribution >= 0.6 is 0 Å². The topological polar surface area (TPSA) is 68.5 Å². The van der Waals surface area contributed by atoms with Crippen LogP contribution in [0.1, 0.15) is 35.2 Å². The highest BCUT2D eigenvalue weighted by Crippen LogP contribution is 2.39. The molecule has 3 aliphatic rings. The summed E-state index contributed by atoms with van der Waals surface area (Å²) in [6.07, 6.45) is 0.874. The molecule has 1 aromatic carbocycles. The van der Waals surface area contributed by atoms with Gasteiger partial charge in [0.25, 0.3) is 5.91 Å². The Labute approximate surface area is 186 Å². The van der Waals surface area contributed by atoms with E-state index in [9.17, 15) is 22.4 Å². The van der Waals surface area contributed by atoms with E-state index < -0.39 is 23.7 Å². The molecule has 2 aromatic heterocycles. The second kappa shape index (κ2) is 8.17. The summed E-state index contributed by atoms with van der Waals surface area (Å²) in [5.41, 5.74) is -0.340. The van der Waals surface area contributed by atoms with Crippen LogP contribution in [0.5, 0.6) is 5.88 Å². The molecule has 0 radical (unpaired) electrons. The number of hydrogen-bond acceptors (Lipinski definition) is 5. The van der Waals surface area contributed by atoms with Crippen molar-refractivity contribution >= 4 is 5.91 Å². The number of halogens is 4. The van der Waals surface area contributed by atoms with Gasteiger partial charge in [0, 0.05) is 18.8 Å². The molecule has 6 nitrogen and oxygen atoms in total. The van der Waals surface area contributed by atoms with Gasteiger partial charge in [0.15, 0.2) is 0 Å². The Balaban J connectivity index is 1.39. The number of piperidine rings is 2.